The third-order valence-electron chi connectivity index (χ3n) is 6.16. The summed E-state index contributed by atoms with van der Waals surface area (Å²) < 4.78 is 5.23. The van der Waals surface area contributed by atoms with E-state index >= 15 is 0 Å². The van der Waals surface area contributed by atoms with Gasteiger partial charge in [-0.15, -0.1) is 10.2 Å². The molecule has 10 heteroatoms. The van der Waals surface area contributed by atoms with Gasteiger partial charge in [0, 0.05) is 30.8 Å². The standard InChI is InChI=1S/C25H31N7O3/c1-16-11-20(13-23(27-16)25(34)26-14-19-5-4-6-22(12-19)35-3)24-29-31-32(30-24)15-18-7-9-21(10-8-18)28-17(2)33/h4-6,11-13,18,21H,7-10,14-15H2,1-3H3,(H,26,34)(H,28,33). The average molecular weight is 478 g/mol. The molecule has 0 spiro atoms. The molecule has 1 aliphatic rings. The molecule has 2 aromatic heterocycles. The number of carbonyl (C=O) groups is 2. The number of hydrogen-bond donors (Lipinski definition) is 2. The molecule has 0 saturated heterocycles. The molecular weight excluding hydrogens is 446 g/mol. The van der Waals surface area contributed by atoms with Crippen molar-refractivity contribution in [3.63, 3.8) is 0 Å². The quantitative estimate of drug-likeness (QED) is 0.511. The molecule has 2 heterocycles. The highest BCUT2D eigenvalue weighted by Gasteiger charge is 2.23. The fourth-order valence-corrected chi connectivity index (χ4v) is 4.41. The zero-order chi connectivity index (χ0) is 24.8. The minimum atomic E-state index is -0.277. The van der Waals surface area contributed by atoms with E-state index in [9.17, 15) is 9.59 Å². The number of methoxy groups -OCH3 is 1. The molecule has 4 rings (SSSR count). The Bertz CT molecular complexity index is 1190. The topological polar surface area (TPSA) is 124 Å². The maximum absolute atomic E-state index is 12.8. The van der Waals surface area contributed by atoms with Crippen molar-refractivity contribution < 1.29 is 14.3 Å². The van der Waals surface area contributed by atoms with Crippen LogP contribution in [0, 0.1) is 12.8 Å². The molecule has 0 atom stereocenters. The molecule has 2 amide bonds. The van der Waals surface area contributed by atoms with Crippen LogP contribution in [0.3, 0.4) is 0 Å². The van der Waals surface area contributed by atoms with Gasteiger partial charge in [0.15, 0.2) is 0 Å². The number of ether oxygens (including phenoxy) is 1. The van der Waals surface area contributed by atoms with Crippen molar-refractivity contribution in [3.05, 3.63) is 53.3 Å². The molecule has 35 heavy (non-hydrogen) atoms. The monoisotopic (exact) mass is 477 g/mol. The van der Waals surface area contributed by atoms with Gasteiger partial charge in [-0.25, -0.2) is 4.98 Å². The first kappa shape index (κ1) is 24.3. The first-order chi connectivity index (χ1) is 16.9. The zero-order valence-corrected chi connectivity index (χ0v) is 20.3. The van der Waals surface area contributed by atoms with Gasteiger partial charge in [-0.3, -0.25) is 9.59 Å². The fraction of sp³-hybridized carbons (Fsp3) is 0.440. The second kappa shape index (κ2) is 11.1. The Balaban J connectivity index is 1.38. The highest BCUT2D eigenvalue weighted by molar-refractivity contribution is 5.93. The van der Waals surface area contributed by atoms with Crippen molar-refractivity contribution in [1.82, 2.24) is 35.8 Å². The van der Waals surface area contributed by atoms with Crippen LogP contribution in [-0.4, -0.2) is 50.2 Å². The second-order valence-electron chi connectivity index (χ2n) is 9.00. The first-order valence-electron chi connectivity index (χ1n) is 11.8. The van der Waals surface area contributed by atoms with Gasteiger partial charge < -0.3 is 15.4 Å². The van der Waals surface area contributed by atoms with Gasteiger partial charge in [0.2, 0.25) is 11.7 Å². The highest BCUT2D eigenvalue weighted by atomic mass is 16.5. The Morgan fingerprint density at radius 1 is 1.14 bits per heavy atom. The number of carbonyl (C=O) groups excluding carboxylic acids is 2. The van der Waals surface area contributed by atoms with Crippen LogP contribution in [0.15, 0.2) is 36.4 Å². The number of amides is 2. The number of aromatic nitrogens is 5. The van der Waals surface area contributed by atoms with E-state index in [0.29, 0.717) is 41.8 Å². The number of nitrogens with one attached hydrogen (secondary N) is 2. The smallest absolute Gasteiger partial charge is 0.270 e. The Morgan fingerprint density at radius 2 is 1.94 bits per heavy atom. The van der Waals surface area contributed by atoms with E-state index in [4.69, 9.17) is 4.74 Å². The number of hydrogen-bond acceptors (Lipinski definition) is 7. The molecule has 3 aromatic rings. The molecule has 1 aliphatic carbocycles. The van der Waals surface area contributed by atoms with Gasteiger partial charge in [-0.05, 0) is 73.6 Å². The molecule has 10 nitrogen and oxygen atoms in total. The van der Waals surface area contributed by atoms with E-state index in [0.717, 1.165) is 37.0 Å². The maximum Gasteiger partial charge on any atom is 0.270 e. The summed E-state index contributed by atoms with van der Waals surface area (Å²) in [7, 11) is 1.61. The Morgan fingerprint density at radius 3 is 2.69 bits per heavy atom. The molecule has 184 valence electrons. The van der Waals surface area contributed by atoms with Gasteiger partial charge in [0.05, 0.1) is 13.7 Å². The molecule has 0 radical (unpaired) electrons. The van der Waals surface area contributed by atoms with Gasteiger partial charge in [0.25, 0.3) is 5.91 Å². The maximum atomic E-state index is 12.8. The van der Waals surface area contributed by atoms with Gasteiger partial charge >= 0.3 is 0 Å². The van der Waals surface area contributed by atoms with Crippen molar-refractivity contribution in [1.29, 1.82) is 0 Å². The van der Waals surface area contributed by atoms with E-state index in [-0.39, 0.29) is 17.9 Å². The van der Waals surface area contributed by atoms with E-state index in [2.05, 4.69) is 31.0 Å². The summed E-state index contributed by atoms with van der Waals surface area (Å²) in [6.45, 7) is 4.43. The lowest BCUT2D eigenvalue weighted by molar-refractivity contribution is -0.119. The molecule has 0 aliphatic heterocycles. The lowest BCUT2D eigenvalue weighted by Gasteiger charge is -2.28. The van der Waals surface area contributed by atoms with E-state index < -0.39 is 0 Å². The third kappa shape index (κ3) is 6.62. The summed E-state index contributed by atoms with van der Waals surface area (Å²) in [5.41, 5.74) is 2.63. The number of aryl methyl sites for hydroxylation is 1. The fourth-order valence-electron chi connectivity index (χ4n) is 4.41. The van der Waals surface area contributed by atoms with Gasteiger partial charge in [-0.1, -0.05) is 12.1 Å². The molecule has 0 unspecified atom stereocenters. The predicted molar refractivity (Wildman–Crippen MR) is 130 cm³/mol. The van der Waals surface area contributed by atoms with Crippen LogP contribution in [-0.2, 0) is 17.9 Å². The SMILES string of the molecule is COc1cccc(CNC(=O)c2cc(-c3nnn(CC4CCC(NC(C)=O)CC4)n3)cc(C)n2)c1. The summed E-state index contributed by atoms with van der Waals surface area (Å²) in [5, 5.41) is 18.9. The molecule has 2 N–H and O–H groups in total. The molecular formula is C25H31N7O3. The largest absolute Gasteiger partial charge is 0.497 e. The normalized spacial score (nSPS) is 17.6. The van der Waals surface area contributed by atoms with Crippen molar-refractivity contribution in [2.75, 3.05) is 7.11 Å². The van der Waals surface area contributed by atoms with Gasteiger partial charge in [0.1, 0.15) is 11.4 Å². The summed E-state index contributed by atoms with van der Waals surface area (Å²) in [6.07, 6.45) is 3.94. The number of tetrazole rings is 1. The first-order valence-corrected chi connectivity index (χ1v) is 11.8. The number of nitrogens with zero attached hydrogens (tertiary/aromatic N) is 5. The Hall–Kier alpha value is -3.82. The Labute approximate surface area is 204 Å². The number of benzene rings is 1. The summed E-state index contributed by atoms with van der Waals surface area (Å²) >= 11 is 0. The van der Waals surface area contributed by atoms with E-state index in [1.807, 2.05) is 37.3 Å². The van der Waals surface area contributed by atoms with Crippen LogP contribution >= 0.6 is 0 Å². The number of rotatable bonds is 8. The van der Waals surface area contributed by atoms with Crippen LogP contribution in [0.2, 0.25) is 0 Å². The molecule has 1 aromatic carbocycles. The molecule has 0 bridgehead atoms. The molecule has 1 fully saturated rings. The van der Waals surface area contributed by atoms with Crippen LogP contribution < -0.4 is 15.4 Å². The predicted octanol–water partition coefficient (Wildman–Crippen LogP) is 2.68. The van der Waals surface area contributed by atoms with E-state index in [1.54, 1.807) is 24.9 Å². The van der Waals surface area contributed by atoms with Crippen molar-refractivity contribution in [2.45, 2.75) is 58.7 Å². The van der Waals surface area contributed by atoms with Crippen LogP contribution in [0.5, 0.6) is 5.75 Å². The third-order valence-corrected chi connectivity index (χ3v) is 6.16. The van der Waals surface area contributed by atoms with Crippen LogP contribution in [0.25, 0.3) is 11.4 Å². The Kier molecular flexibility index (Phi) is 7.69. The van der Waals surface area contributed by atoms with Crippen LogP contribution in [0.4, 0.5) is 0 Å². The second-order valence-corrected chi connectivity index (χ2v) is 9.00. The summed E-state index contributed by atoms with van der Waals surface area (Å²) in [4.78, 5) is 30.0. The van der Waals surface area contributed by atoms with E-state index in [1.165, 1.54) is 0 Å². The van der Waals surface area contributed by atoms with Gasteiger partial charge in [-0.2, -0.15) is 4.80 Å². The molecule has 1 saturated carbocycles. The average Bonchev–Trinajstić information content (AvgIpc) is 3.32. The highest BCUT2D eigenvalue weighted by Crippen LogP contribution is 2.25. The minimum Gasteiger partial charge on any atom is -0.497 e. The lowest BCUT2D eigenvalue weighted by Crippen LogP contribution is -2.36. The summed E-state index contributed by atoms with van der Waals surface area (Å²) in [5.74, 6) is 1.39. The minimum absolute atomic E-state index is 0.0250. The van der Waals surface area contributed by atoms with Crippen LogP contribution in [0.1, 0.15) is 54.4 Å². The lowest BCUT2D eigenvalue weighted by atomic mass is 9.86. The zero-order valence-electron chi connectivity index (χ0n) is 20.3. The van der Waals surface area contributed by atoms with Crippen molar-refractivity contribution in [3.8, 4) is 17.1 Å². The van der Waals surface area contributed by atoms with Crippen molar-refractivity contribution in [2.24, 2.45) is 5.92 Å². The summed E-state index contributed by atoms with van der Waals surface area (Å²) in [6, 6.07) is 11.3. The number of pyridine rings is 1. The van der Waals surface area contributed by atoms with Crippen molar-refractivity contribution >= 4 is 11.8 Å².